The summed E-state index contributed by atoms with van der Waals surface area (Å²) in [5.74, 6) is -0.406. The lowest BCUT2D eigenvalue weighted by atomic mass is 9.76. The second-order valence-corrected chi connectivity index (χ2v) is 4.09. The molecule has 1 aliphatic rings. The quantitative estimate of drug-likeness (QED) is 0.779. The van der Waals surface area contributed by atoms with Gasteiger partial charge in [0, 0.05) is 18.2 Å². The summed E-state index contributed by atoms with van der Waals surface area (Å²) >= 11 is 0. The van der Waals surface area contributed by atoms with E-state index < -0.39 is 5.60 Å². The molecule has 0 saturated carbocycles. The minimum absolute atomic E-state index is 0.0431. The number of hydrogen-bond donors (Lipinski definition) is 0. The first-order valence-electron chi connectivity index (χ1n) is 5.43. The fourth-order valence-electron chi connectivity index (χ4n) is 2.25. The summed E-state index contributed by atoms with van der Waals surface area (Å²) < 4.78 is 5.54. The number of fused-ring (bicyclic) bond motifs is 1. The zero-order valence-corrected chi connectivity index (χ0v) is 9.81. The number of nitrogens with zero attached hydrogens (tertiary/aromatic N) is 1. The maximum atomic E-state index is 11.8. The van der Waals surface area contributed by atoms with Crippen LogP contribution in [0.1, 0.15) is 22.8 Å². The molecule has 0 aromatic heterocycles. The minimum atomic E-state index is -0.820. The summed E-state index contributed by atoms with van der Waals surface area (Å²) in [4.78, 5) is 11.8. The van der Waals surface area contributed by atoms with Crippen molar-refractivity contribution in [2.24, 2.45) is 5.92 Å². The van der Waals surface area contributed by atoms with Crippen LogP contribution in [0.4, 0.5) is 0 Å². The van der Waals surface area contributed by atoms with Crippen molar-refractivity contribution in [1.82, 2.24) is 0 Å². The van der Waals surface area contributed by atoms with Crippen molar-refractivity contribution < 1.29 is 9.53 Å². The number of rotatable bonds is 2. The van der Waals surface area contributed by atoms with E-state index in [4.69, 9.17) is 10.00 Å². The fraction of sp³-hybridized carbons (Fsp3) is 0.286. The Balaban J connectivity index is 2.68. The van der Waals surface area contributed by atoms with Crippen LogP contribution in [-0.4, -0.2) is 12.9 Å². The van der Waals surface area contributed by atoms with Crippen LogP contribution in [0, 0.1) is 17.2 Å². The van der Waals surface area contributed by atoms with Crippen LogP contribution in [-0.2, 0) is 10.3 Å². The Hall–Kier alpha value is -1.92. The van der Waals surface area contributed by atoms with Crippen molar-refractivity contribution in [2.45, 2.75) is 12.5 Å². The fourth-order valence-corrected chi connectivity index (χ4v) is 2.25. The molecule has 0 amide bonds. The molecular formula is C14H13NO2. The van der Waals surface area contributed by atoms with Crippen molar-refractivity contribution >= 4 is 5.78 Å². The van der Waals surface area contributed by atoms with E-state index >= 15 is 0 Å². The van der Waals surface area contributed by atoms with Gasteiger partial charge in [-0.05, 0) is 19.1 Å². The van der Waals surface area contributed by atoms with Crippen LogP contribution in [0.2, 0.25) is 0 Å². The van der Waals surface area contributed by atoms with E-state index in [1.807, 2.05) is 18.2 Å². The van der Waals surface area contributed by atoms with Crippen molar-refractivity contribution in [1.29, 1.82) is 5.26 Å². The molecule has 3 nitrogen and oxygen atoms in total. The Bertz CT molecular complexity index is 527. The minimum Gasteiger partial charge on any atom is -0.368 e. The Morgan fingerprint density at radius 3 is 2.76 bits per heavy atom. The molecule has 0 saturated heterocycles. The average molecular weight is 227 g/mol. The van der Waals surface area contributed by atoms with Gasteiger partial charge in [0.05, 0.1) is 12.0 Å². The van der Waals surface area contributed by atoms with Crippen molar-refractivity contribution in [3.8, 4) is 6.07 Å². The van der Waals surface area contributed by atoms with Crippen LogP contribution in [0.15, 0.2) is 36.4 Å². The van der Waals surface area contributed by atoms with E-state index in [0.717, 1.165) is 5.56 Å². The zero-order valence-electron chi connectivity index (χ0n) is 9.81. The van der Waals surface area contributed by atoms with Gasteiger partial charge in [0.15, 0.2) is 5.78 Å². The van der Waals surface area contributed by atoms with Crippen molar-refractivity contribution in [2.75, 3.05) is 7.11 Å². The van der Waals surface area contributed by atoms with E-state index in [1.54, 1.807) is 26.2 Å². The number of nitriles is 1. The molecule has 3 heteroatoms. The van der Waals surface area contributed by atoms with Crippen molar-refractivity contribution in [3.63, 3.8) is 0 Å². The van der Waals surface area contributed by atoms with E-state index in [-0.39, 0.29) is 11.7 Å². The van der Waals surface area contributed by atoms with E-state index in [2.05, 4.69) is 6.07 Å². The van der Waals surface area contributed by atoms with Crippen LogP contribution >= 0.6 is 0 Å². The number of benzene rings is 1. The number of hydrogen-bond acceptors (Lipinski definition) is 3. The zero-order chi connectivity index (χ0) is 12.5. The first-order chi connectivity index (χ1) is 8.15. The third kappa shape index (κ3) is 1.58. The van der Waals surface area contributed by atoms with Gasteiger partial charge in [-0.1, -0.05) is 24.3 Å². The first-order valence-corrected chi connectivity index (χ1v) is 5.43. The van der Waals surface area contributed by atoms with Gasteiger partial charge < -0.3 is 4.74 Å². The summed E-state index contributed by atoms with van der Waals surface area (Å²) in [5.41, 5.74) is 0.558. The molecule has 2 atom stereocenters. The van der Waals surface area contributed by atoms with Crippen LogP contribution in [0.3, 0.4) is 0 Å². The number of ketones is 1. The van der Waals surface area contributed by atoms with Gasteiger partial charge in [0.2, 0.25) is 0 Å². The molecule has 0 radical (unpaired) electrons. The molecule has 1 aliphatic carbocycles. The monoisotopic (exact) mass is 227 g/mol. The summed E-state index contributed by atoms with van der Waals surface area (Å²) in [6.45, 7) is 1.79. The maximum Gasteiger partial charge on any atom is 0.186 e. The lowest BCUT2D eigenvalue weighted by Crippen LogP contribution is -2.37. The molecule has 1 aromatic carbocycles. The molecule has 1 aromatic rings. The molecule has 0 aliphatic heterocycles. The largest absolute Gasteiger partial charge is 0.368 e. The molecule has 0 fully saturated rings. The molecule has 86 valence electrons. The van der Waals surface area contributed by atoms with Gasteiger partial charge in [-0.2, -0.15) is 5.26 Å². The highest BCUT2D eigenvalue weighted by Crippen LogP contribution is 2.39. The highest BCUT2D eigenvalue weighted by molar-refractivity contribution is 6.07. The second-order valence-electron chi connectivity index (χ2n) is 4.09. The second kappa shape index (κ2) is 4.15. The molecule has 0 unspecified atom stereocenters. The molecule has 0 N–H and O–H groups in total. The number of carbonyl (C=O) groups excluding carboxylic acids is 1. The standard InChI is InChI=1S/C14H13NO2/c1-10(9-15)14(17-2)8-7-13(16)11-5-3-4-6-12(11)14/h3-8,10H,1-2H3/t10-,14+/m0/s1. The predicted molar refractivity (Wildman–Crippen MR) is 63.4 cm³/mol. The molecule has 0 spiro atoms. The highest BCUT2D eigenvalue weighted by Gasteiger charge is 2.40. The number of methoxy groups -OCH3 is 1. The summed E-state index contributed by atoms with van der Waals surface area (Å²) in [5, 5.41) is 9.13. The van der Waals surface area contributed by atoms with Crippen LogP contribution < -0.4 is 0 Å². The molecular weight excluding hydrogens is 214 g/mol. The average Bonchev–Trinajstić information content (AvgIpc) is 2.39. The van der Waals surface area contributed by atoms with E-state index in [9.17, 15) is 4.79 Å². The van der Waals surface area contributed by atoms with Gasteiger partial charge >= 0.3 is 0 Å². The molecule has 17 heavy (non-hydrogen) atoms. The smallest absolute Gasteiger partial charge is 0.186 e. The summed E-state index contributed by atoms with van der Waals surface area (Å²) in [6.07, 6.45) is 3.17. The Kier molecular flexibility index (Phi) is 2.83. The van der Waals surface area contributed by atoms with E-state index in [0.29, 0.717) is 5.56 Å². The maximum absolute atomic E-state index is 11.8. The SMILES string of the molecule is CO[C@@]1([C@@H](C)C#N)C=CC(=O)c2ccccc21. The van der Waals surface area contributed by atoms with Crippen LogP contribution in [0.25, 0.3) is 0 Å². The normalized spacial score (nSPS) is 23.9. The van der Waals surface area contributed by atoms with Gasteiger partial charge in [-0.15, -0.1) is 0 Å². The van der Waals surface area contributed by atoms with Gasteiger partial charge in [-0.3, -0.25) is 4.79 Å². The number of allylic oxidation sites excluding steroid dienone is 1. The lowest BCUT2D eigenvalue weighted by Gasteiger charge is -2.35. The lowest BCUT2D eigenvalue weighted by molar-refractivity contribution is -0.000650. The van der Waals surface area contributed by atoms with Crippen LogP contribution in [0.5, 0.6) is 0 Å². The number of carbonyl (C=O) groups is 1. The number of ether oxygens (including phenoxy) is 1. The Labute approximate surface area is 100 Å². The summed E-state index contributed by atoms with van der Waals surface area (Å²) in [7, 11) is 1.56. The first kappa shape index (κ1) is 11.6. The van der Waals surface area contributed by atoms with E-state index in [1.165, 1.54) is 6.08 Å². The highest BCUT2D eigenvalue weighted by atomic mass is 16.5. The topological polar surface area (TPSA) is 50.1 Å². The molecule has 0 heterocycles. The third-order valence-corrected chi connectivity index (χ3v) is 3.27. The molecule has 0 bridgehead atoms. The summed E-state index contributed by atoms with van der Waals surface area (Å²) in [6, 6.07) is 9.46. The van der Waals surface area contributed by atoms with Gasteiger partial charge in [0.25, 0.3) is 0 Å². The Morgan fingerprint density at radius 2 is 2.12 bits per heavy atom. The van der Waals surface area contributed by atoms with Gasteiger partial charge in [-0.25, -0.2) is 0 Å². The Morgan fingerprint density at radius 1 is 1.41 bits per heavy atom. The molecule has 2 rings (SSSR count). The third-order valence-electron chi connectivity index (χ3n) is 3.27. The van der Waals surface area contributed by atoms with Gasteiger partial charge in [0.1, 0.15) is 5.60 Å². The van der Waals surface area contributed by atoms with Crippen molar-refractivity contribution in [3.05, 3.63) is 47.5 Å². The predicted octanol–water partition coefficient (Wildman–Crippen LogP) is 2.44.